The van der Waals surface area contributed by atoms with Crippen LogP contribution in [0.5, 0.6) is 0 Å². The number of piperazine rings is 1. The number of likely N-dealkylation sites (N-methyl/N-ethyl adjacent to an activating group) is 1. The lowest BCUT2D eigenvalue weighted by molar-refractivity contribution is 0.191. The highest BCUT2D eigenvalue weighted by Gasteiger charge is 2.29. The fraction of sp³-hybridized carbons (Fsp3) is 0.818. The molecule has 100 valence electrons. The molecule has 2 aliphatic rings. The van der Waals surface area contributed by atoms with Gasteiger partial charge in [0, 0.05) is 32.7 Å². The van der Waals surface area contributed by atoms with Crippen molar-refractivity contribution in [1.82, 2.24) is 20.4 Å². The van der Waals surface area contributed by atoms with Crippen molar-refractivity contribution in [2.75, 3.05) is 44.7 Å². The normalized spacial score (nSPS) is 30.0. The first-order chi connectivity index (χ1) is 8.72. The average Bonchev–Trinajstić information content (AvgIpc) is 2.98. The van der Waals surface area contributed by atoms with Gasteiger partial charge in [-0.15, -0.1) is 0 Å². The molecule has 2 saturated heterocycles. The number of hydrogen-bond donors (Lipinski definition) is 2. The van der Waals surface area contributed by atoms with E-state index in [1.807, 2.05) is 0 Å². The number of β-amino-alcohol motifs (C(OH)–C–C–N with tert-alkyl or cyclic N) is 1. The van der Waals surface area contributed by atoms with Crippen LogP contribution in [0, 0.1) is 0 Å². The van der Waals surface area contributed by atoms with Gasteiger partial charge in [0.15, 0.2) is 0 Å². The first-order valence-corrected chi connectivity index (χ1v) is 6.41. The summed E-state index contributed by atoms with van der Waals surface area (Å²) in [5, 5.41) is 16.7. The topological polar surface area (TPSA) is 77.7 Å². The lowest BCUT2D eigenvalue weighted by atomic mass is 10.2. The molecule has 2 atom stereocenters. The van der Waals surface area contributed by atoms with Crippen molar-refractivity contribution in [2.45, 2.75) is 18.6 Å². The van der Waals surface area contributed by atoms with Gasteiger partial charge in [0.1, 0.15) is 0 Å². The van der Waals surface area contributed by atoms with E-state index in [9.17, 15) is 5.11 Å². The second kappa shape index (κ2) is 4.83. The molecule has 0 bridgehead atoms. The summed E-state index contributed by atoms with van der Waals surface area (Å²) in [7, 11) is 2.11. The fourth-order valence-corrected chi connectivity index (χ4v) is 2.41. The van der Waals surface area contributed by atoms with Crippen LogP contribution >= 0.6 is 0 Å². The van der Waals surface area contributed by atoms with Gasteiger partial charge in [0.05, 0.1) is 12.1 Å². The zero-order chi connectivity index (χ0) is 12.5. The van der Waals surface area contributed by atoms with Gasteiger partial charge >= 0.3 is 0 Å². The molecule has 0 spiro atoms. The van der Waals surface area contributed by atoms with Crippen LogP contribution in [0.2, 0.25) is 0 Å². The predicted molar refractivity (Wildman–Crippen MR) is 65.4 cm³/mol. The van der Waals surface area contributed by atoms with Crippen LogP contribution in [-0.2, 0) is 0 Å². The van der Waals surface area contributed by atoms with Crippen LogP contribution in [-0.4, -0.2) is 66.0 Å². The van der Waals surface area contributed by atoms with Crippen LogP contribution in [0.1, 0.15) is 18.4 Å². The quantitative estimate of drug-likeness (QED) is 0.715. The number of hydrogen-bond acceptors (Lipinski definition) is 7. The maximum Gasteiger partial charge on any atom is 0.266 e. The van der Waals surface area contributed by atoms with Crippen LogP contribution < -0.4 is 10.2 Å². The van der Waals surface area contributed by atoms with Crippen molar-refractivity contribution < 1.29 is 9.63 Å². The zero-order valence-corrected chi connectivity index (χ0v) is 10.5. The molecular formula is C11H19N5O2. The van der Waals surface area contributed by atoms with Crippen molar-refractivity contribution in [3.8, 4) is 0 Å². The summed E-state index contributed by atoms with van der Waals surface area (Å²) in [4.78, 5) is 8.85. The Kier molecular flexibility index (Phi) is 3.19. The van der Waals surface area contributed by atoms with Gasteiger partial charge < -0.3 is 24.7 Å². The van der Waals surface area contributed by atoms with E-state index in [1.165, 1.54) is 0 Å². The smallest absolute Gasteiger partial charge is 0.266 e. The summed E-state index contributed by atoms with van der Waals surface area (Å²) in [5.41, 5.74) is 0. The Morgan fingerprint density at radius 2 is 2.11 bits per heavy atom. The number of nitrogens with zero attached hydrogens (tertiary/aromatic N) is 4. The highest BCUT2D eigenvalue weighted by atomic mass is 16.5. The maximum atomic E-state index is 9.48. The van der Waals surface area contributed by atoms with E-state index >= 15 is 0 Å². The van der Waals surface area contributed by atoms with Crippen molar-refractivity contribution in [3.05, 3.63) is 5.89 Å². The van der Waals surface area contributed by atoms with Crippen molar-refractivity contribution in [1.29, 1.82) is 0 Å². The minimum absolute atomic E-state index is 0.00582. The van der Waals surface area contributed by atoms with Crippen molar-refractivity contribution in [3.63, 3.8) is 0 Å². The molecule has 2 aliphatic heterocycles. The van der Waals surface area contributed by atoms with Crippen molar-refractivity contribution in [2.24, 2.45) is 0 Å². The first-order valence-electron chi connectivity index (χ1n) is 6.41. The third kappa shape index (κ3) is 2.33. The minimum Gasteiger partial charge on any atom is -0.392 e. The van der Waals surface area contributed by atoms with E-state index in [2.05, 4.69) is 32.3 Å². The molecular weight excluding hydrogens is 234 g/mol. The maximum absolute atomic E-state index is 9.48. The summed E-state index contributed by atoms with van der Waals surface area (Å²) in [6.07, 6.45) is 0.332. The highest BCUT2D eigenvalue weighted by molar-refractivity contribution is 5.29. The van der Waals surface area contributed by atoms with E-state index < -0.39 is 0 Å². The van der Waals surface area contributed by atoms with E-state index in [-0.39, 0.29) is 12.1 Å². The summed E-state index contributed by atoms with van der Waals surface area (Å²) >= 11 is 0. The number of anilines is 1. The van der Waals surface area contributed by atoms with Gasteiger partial charge in [-0.25, -0.2) is 0 Å². The Morgan fingerprint density at radius 3 is 2.78 bits per heavy atom. The van der Waals surface area contributed by atoms with E-state index in [4.69, 9.17) is 4.52 Å². The average molecular weight is 253 g/mol. The molecule has 1 aromatic rings. The molecule has 0 amide bonds. The Balaban J connectivity index is 1.66. The second-order valence-corrected chi connectivity index (χ2v) is 5.07. The molecule has 0 unspecified atom stereocenters. The molecule has 7 nitrogen and oxygen atoms in total. The molecule has 0 aromatic carbocycles. The Hall–Kier alpha value is -1.18. The predicted octanol–water partition coefficient (Wildman–Crippen LogP) is -0.783. The van der Waals surface area contributed by atoms with Crippen LogP contribution in [0.15, 0.2) is 4.52 Å². The first kappa shape index (κ1) is 11.9. The minimum atomic E-state index is -0.311. The van der Waals surface area contributed by atoms with E-state index in [1.54, 1.807) is 0 Å². The van der Waals surface area contributed by atoms with Gasteiger partial charge in [-0.05, 0) is 18.6 Å². The zero-order valence-electron chi connectivity index (χ0n) is 10.5. The molecule has 3 heterocycles. The molecule has 0 radical (unpaired) electrons. The Labute approximate surface area is 106 Å². The number of aliphatic hydroxyl groups excluding tert-OH is 1. The van der Waals surface area contributed by atoms with Crippen LogP contribution in [0.4, 0.5) is 5.95 Å². The molecule has 1 aromatic heterocycles. The summed E-state index contributed by atoms with van der Waals surface area (Å²) < 4.78 is 5.29. The number of aliphatic hydroxyl groups is 1. The summed E-state index contributed by atoms with van der Waals surface area (Å²) in [6, 6.07) is -0.00582. The van der Waals surface area contributed by atoms with Crippen LogP contribution in [0.25, 0.3) is 0 Å². The third-order valence-electron chi connectivity index (χ3n) is 3.62. The lowest BCUT2D eigenvalue weighted by Gasteiger charge is -2.31. The second-order valence-electron chi connectivity index (χ2n) is 5.07. The molecule has 0 saturated carbocycles. The van der Waals surface area contributed by atoms with Crippen molar-refractivity contribution >= 4 is 5.95 Å². The molecule has 2 N–H and O–H groups in total. The molecule has 0 aliphatic carbocycles. The molecule has 18 heavy (non-hydrogen) atoms. The van der Waals surface area contributed by atoms with E-state index in [0.717, 1.165) is 26.2 Å². The summed E-state index contributed by atoms with van der Waals surface area (Å²) in [5.74, 6) is 1.25. The van der Waals surface area contributed by atoms with Gasteiger partial charge in [0.2, 0.25) is 5.89 Å². The number of nitrogens with one attached hydrogen (secondary N) is 1. The molecule has 7 heteroatoms. The fourth-order valence-electron chi connectivity index (χ4n) is 2.41. The van der Waals surface area contributed by atoms with Gasteiger partial charge in [-0.2, -0.15) is 4.98 Å². The number of rotatable bonds is 2. The van der Waals surface area contributed by atoms with Crippen LogP contribution in [0.3, 0.4) is 0 Å². The standard InChI is InChI=1S/C11H19N5O2/c1-15-2-4-16(5-3-15)11-13-10(18-14-11)9-6-8(17)7-12-9/h8-9,12,17H,2-7H2,1H3/t8-,9+/m1/s1. The lowest BCUT2D eigenvalue weighted by Crippen LogP contribution is -2.44. The van der Waals surface area contributed by atoms with E-state index in [0.29, 0.717) is 24.8 Å². The monoisotopic (exact) mass is 253 g/mol. The largest absolute Gasteiger partial charge is 0.392 e. The van der Waals surface area contributed by atoms with Gasteiger partial charge in [0.25, 0.3) is 5.95 Å². The highest BCUT2D eigenvalue weighted by Crippen LogP contribution is 2.23. The molecule has 3 rings (SSSR count). The SMILES string of the molecule is CN1CCN(c2noc([C@@H]3C[C@@H](O)CN3)n2)CC1. The Bertz CT molecular complexity index is 402. The number of aromatic nitrogens is 2. The summed E-state index contributed by atoms with van der Waals surface area (Å²) in [6.45, 7) is 4.48. The Morgan fingerprint density at radius 1 is 1.33 bits per heavy atom. The van der Waals surface area contributed by atoms with Gasteiger partial charge in [-0.3, -0.25) is 0 Å². The third-order valence-corrected chi connectivity index (χ3v) is 3.62. The molecule has 2 fully saturated rings. The van der Waals surface area contributed by atoms with Gasteiger partial charge in [-0.1, -0.05) is 0 Å².